The van der Waals surface area contributed by atoms with Gasteiger partial charge in [0.15, 0.2) is 5.60 Å². The minimum absolute atomic E-state index is 0.0637. The van der Waals surface area contributed by atoms with Crippen molar-refractivity contribution in [3.8, 4) is 11.1 Å². The summed E-state index contributed by atoms with van der Waals surface area (Å²) in [5.74, 6) is -1.82. The van der Waals surface area contributed by atoms with Crippen molar-refractivity contribution in [1.82, 2.24) is 10.2 Å². The molecule has 1 aliphatic carbocycles. The first-order valence-electron chi connectivity index (χ1n) is 11.2. The summed E-state index contributed by atoms with van der Waals surface area (Å²) in [6.07, 6.45) is -0.909. The number of carbonyl (C=O) groups excluding carboxylic acids is 2. The molecular formula is C25H28N2O7. The number of nitrogens with one attached hydrogen (secondary N) is 1. The average molecular weight is 469 g/mol. The lowest BCUT2D eigenvalue weighted by Gasteiger charge is -2.36. The number of carbonyl (C=O) groups is 3. The van der Waals surface area contributed by atoms with E-state index in [4.69, 9.17) is 14.6 Å². The van der Waals surface area contributed by atoms with Crippen LogP contribution in [0, 0.1) is 0 Å². The van der Waals surface area contributed by atoms with Crippen LogP contribution >= 0.6 is 0 Å². The van der Waals surface area contributed by atoms with Crippen molar-refractivity contribution >= 4 is 18.0 Å². The number of alkyl carbamates (subject to hydrolysis) is 1. The van der Waals surface area contributed by atoms with Crippen molar-refractivity contribution in [3.63, 3.8) is 0 Å². The Labute approximate surface area is 197 Å². The predicted octanol–water partition coefficient (Wildman–Crippen LogP) is 1.98. The lowest BCUT2D eigenvalue weighted by molar-refractivity contribution is -0.165. The Bertz CT molecular complexity index is 1030. The van der Waals surface area contributed by atoms with E-state index < -0.39 is 29.6 Å². The number of piperidine rings is 1. The lowest BCUT2D eigenvalue weighted by atomic mass is 9.91. The fourth-order valence-corrected chi connectivity index (χ4v) is 4.65. The zero-order chi connectivity index (χ0) is 24.3. The van der Waals surface area contributed by atoms with Gasteiger partial charge in [0.25, 0.3) is 0 Å². The maximum absolute atomic E-state index is 12.9. The van der Waals surface area contributed by atoms with Gasteiger partial charge in [0, 0.05) is 39.0 Å². The zero-order valence-corrected chi connectivity index (χ0v) is 18.9. The summed E-state index contributed by atoms with van der Waals surface area (Å²) in [5, 5.41) is 21.8. The standard InChI is InChI=1S/C25H28N2O7/c1-33-15-21(22(28)27-12-10-25(32,11-13-27)23(29)30)26-24(31)34-14-20-18-8-4-2-6-16(18)17-7-3-5-9-19(17)20/h2-9,20-21,32H,10-15H2,1H3,(H,26,31)(H,29,30)/t21-/m0/s1. The number of rotatable bonds is 7. The van der Waals surface area contributed by atoms with E-state index in [-0.39, 0.29) is 45.1 Å². The number of carboxylic acids is 1. The van der Waals surface area contributed by atoms with E-state index >= 15 is 0 Å². The van der Waals surface area contributed by atoms with E-state index in [1.165, 1.54) is 12.0 Å². The van der Waals surface area contributed by atoms with E-state index in [9.17, 15) is 19.5 Å². The SMILES string of the molecule is COC[C@H](NC(=O)OCC1c2ccccc2-c2ccccc21)C(=O)N1CCC(O)(C(=O)O)CC1. The van der Waals surface area contributed by atoms with Gasteiger partial charge in [0.05, 0.1) is 6.61 Å². The van der Waals surface area contributed by atoms with Gasteiger partial charge in [0.1, 0.15) is 12.6 Å². The van der Waals surface area contributed by atoms with Crippen LogP contribution in [0.25, 0.3) is 11.1 Å². The van der Waals surface area contributed by atoms with Gasteiger partial charge in [0.2, 0.25) is 5.91 Å². The molecule has 0 bridgehead atoms. The van der Waals surface area contributed by atoms with Crippen LogP contribution in [-0.2, 0) is 19.1 Å². The van der Waals surface area contributed by atoms with Crippen molar-refractivity contribution in [1.29, 1.82) is 0 Å². The highest BCUT2D eigenvalue weighted by molar-refractivity contribution is 5.86. The molecule has 1 heterocycles. The Morgan fingerprint density at radius 3 is 2.15 bits per heavy atom. The second kappa shape index (κ2) is 9.82. The lowest BCUT2D eigenvalue weighted by Crippen LogP contribution is -2.56. The van der Waals surface area contributed by atoms with Gasteiger partial charge in [-0.25, -0.2) is 9.59 Å². The third kappa shape index (κ3) is 4.62. The number of methoxy groups -OCH3 is 1. The van der Waals surface area contributed by atoms with E-state index in [1.807, 2.05) is 48.5 Å². The number of carboxylic acid groups (broad SMARTS) is 1. The maximum atomic E-state index is 12.9. The van der Waals surface area contributed by atoms with Crippen molar-refractivity contribution in [2.45, 2.75) is 30.4 Å². The van der Waals surface area contributed by atoms with Crippen LogP contribution in [0.1, 0.15) is 29.9 Å². The average Bonchev–Trinajstić information content (AvgIpc) is 3.16. The van der Waals surface area contributed by atoms with Crippen molar-refractivity contribution < 1.29 is 34.1 Å². The van der Waals surface area contributed by atoms with E-state index in [0.717, 1.165) is 22.3 Å². The first-order chi connectivity index (χ1) is 16.3. The van der Waals surface area contributed by atoms with Gasteiger partial charge < -0.3 is 29.9 Å². The Kier molecular flexibility index (Phi) is 6.85. The first-order valence-corrected chi connectivity index (χ1v) is 11.2. The molecule has 0 saturated carbocycles. The first kappa shape index (κ1) is 23.7. The number of aliphatic carboxylic acids is 1. The molecular weight excluding hydrogens is 440 g/mol. The summed E-state index contributed by atoms with van der Waals surface area (Å²) in [5.41, 5.74) is 2.56. The molecule has 0 unspecified atom stereocenters. The molecule has 0 radical (unpaired) electrons. The minimum Gasteiger partial charge on any atom is -0.479 e. The van der Waals surface area contributed by atoms with E-state index in [1.54, 1.807) is 0 Å². The second-order valence-electron chi connectivity index (χ2n) is 8.64. The summed E-state index contributed by atoms with van der Waals surface area (Å²) in [6.45, 7) is 0.175. The number of nitrogens with zero attached hydrogens (tertiary/aromatic N) is 1. The van der Waals surface area contributed by atoms with Crippen LogP contribution in [0.3, 0.4) is 0 Å². The number of likely N-dealkylation sites (tertiary alicyclic amines) is 1. The molecule has 9 nitrogen and oxygen atoms in total. The largest absolute Gasteiger partial charge is 0.479 e. The molecule has 0 spiro atoms. The van der Waals surface area contributed by atoms with Gasteiger partial charge in [-0.2, -0.15) is 0 Å². The Morgan fingerprint density at radius 1 is 1.06 bits per heavy atom. The molecule has 2 aromatic rings. The normalized spacial score (nSPS) is 17.4. The molecule has 9 heteroatoms. The maximum Gasteiger partial charge on any atom is 0.407 e. The molecule has 0 aromatic heterocycles. The molecule has 2 aromatic carbocycles. The zero-order valence-electron chi connectivity index (χ0n) is 18.9. The molecule has 2 aliphatic rings. The van der Waals surface area contributed by atoms with Crippen molar-refractivity contribution in [2.24, 2.45) is 0 Å². The smallest absolute Gasteiger partial charge is 0.407 e. The van der Waals surface area contributed by atoms with Crippen LogP contribution in [0.4, 0.5) is 4.79 Å². The fraction of sp³-hybridized carbons (Fsp3) is 0.400. The molecule has 4 rings (SSSR count). The molecule has 1 saturated heterocycles. The van der Waals surface area contributed by atoms with Gasteiger partial charge in [-0.3, -0.25) is 4.79 Å². The van der Waals surface area contributed by atoms with Crippen LogP contribution in [0.5, 0.6) is 0 Å². The Hall–Kier alpha value is -3.43. The van der Waals surface area contributed by atoms with E-state index in [2.05, 4.69) is 5.32 Å². The highest BCUT2D eigenvalue weighted by Crippen LogP contribution is 2.44. The highest BCUT2D eigenvalue weighted by atomic mass is 16.5. The summed E-state index contributed by atoms with van der Waals surface area (Å²) in [4.78, 5) is 38.2. The molecule has 1 fully saturated rings. The summed E-state index contributed by atoms with van der Waals surface area (Å²) >= 11 is 0. The third-order valence-electron chi connectivity index (χ3n) is 6.57. The van der Waals surface area contributed by atoms with Crippen molar-refractivity contribution in [3.05, 3.63) is 59.7 Å². The molecule has 1 atom stereocenters. The van der Waals surface area contributed by atoms with E-state index in [0.29, 0.717) is 0 Å². The Morgan fingerprint density at radius 2 is 1.62 bits per heavy atom. The number of fused-ring (bicyclic) bond motifs is 3. The van der Waals surface area contributed by atoms with Gasteiger partial charge in [-0.15, -0.1) is 0 Å². The number of hydrogen-bond donors (Lipinski definition) is 3. The molecule has 34 heavy (non-hydrogen) atoms. The van der Waals surface area contributed by atoms with Gasteiger partial charge >= 0.3 is 12.1 Å². The molecule has 2 amide bonds. The summed E-state index contributed by atoms with van der Waals surface area (Å²) in [7, 11) is 1.42. The number of benzene rings is 2. The van der Waals surface area contributed by atoms with Crippen LogP contribution in [0.2, 0.25) is 0 Å². The fourth-order valence-electron chi connectivity index (χ4n) is 4.65. The van der Waals surface area contributed by atoms with Crippen molar-refractivity contribution in [2.75, 3.05) is 33.4 Å². The number of hydrogen-bond acceptors (Lipinski definition) is 6. The number of amides is 2. The van der Waals surface area contributed by atoms with Gasteiger partial charge in [-0.05, 0) is 22.3 Å². The number of ether oxygens (including phenoxy) is 2. The quantitative estimate of drug-likeness (QED) is 0.567. The minimum atomic E-state index is -1.84. The topological polar surface area (TPSA) is 125 Å². The second-order valence-corrected chi connectivity index (χ2v) is 8.64. The monoisotopic (exact) mass is 468 g/mol. The summed E-state index contributed by atoms with van der Waals surface area (Å²) < 4.78 is 10.6. The van der Waals surface area contributed by atoms with Gasteiger partial charge in [-0.1, -0.05) is 48.5 Å². The van der Waals surface area contributed by atoms with Crippen LogP contribution < -0.4 is 5.32 Å². The molecule has 180 valence electrons. The highest BCUT2D eigenvalue weighted by Gasteiger charge is 2.41. The molecule has 3 N–H and O–H groups in total. The van der Waals surface area contributed by atoms with Crippen LogP contribution in [0.15, 0.2) is 48.5 Å². The Balaban J connectivity index is 1.38. The predicted molar refractivity (Wildman–Crippen MR) is 122 cm³/mol. The van der Waals surface area contributed by atoms with Crippen LogP contribution in [-0.4, -0.2) is 78.1 Å². The molecule has 1 aliphatic heterocycles. The summed E-state index contributed by atoms with van der Waals surface area (Å²) in [6, 6.07) is 15.0. The third-order valence-corrected chi connectivity index (χ3v) is 6.57. The number of aliphatic hydroxyl groups is 1.